The molecule has 0 unspecified atom stereocenters. The van der Waals surface area contributed by atoms with Crippen LogP contribution in [0.25, 0.3) is 0 Å². The van der Waals surface area contributed by atoms with Gasteiger partial charge in [0.05, 0.1) is 5.75 Å². The summed E-state index contributed by atoms with van der Waals surface area (Å²) >= 11 is 1.19. The lowest BCUT2D eigenvalue weighted by atomic mass is 10.3. The van der Waals surface area contributed by atoms with Crippen LogP contribution in [0.2, 0.25) is 0 Å². The van der Waals surface area contributed by atoms with Gasteiger partial charge in [-0.25, -0.2) is 4.39 Å². The molecule has 0 radical (unpaired) electrons. The number of carbonyl (C=O) groups is 1. The standard InChI is InChI=1S/C12H11FN2OS/c1-15-7-6-10(14-15)11(16)8-17-12-5-3-2-4-9(12)13/h2-7H,8H2,1H3. The molecule has 0 fully saturated rings. The van der Waals surface area contributed by atoms with Gasteiger partial charge in [0.1, 0.15) is 11.5 Å². The van der Waals surface area contributed by atoms with E-state index in [9.17, 15) is 9.18 Å². The Balaban J connectivity index is 1.99. The molecule has 0 aliphatic carbocycles. The monoisotopic (exact) mass is 250 g/mol. The van der Waals surface area contributed by atoms with Crippen LogP contribution in [0.5, 0.6) is 0 Å². The van der Waals surface area contributed by atoms with Crippen LogP contribution in [-0.4, -0.2) is 21.3 Å². The number of Topliss-reactive ketones (excluding diaryl/α,β-unsaturated/α-hetero) is 1. The first kappa shape index (κ1) is 11.9. The molecule has 0 spiro atoms. The molecular formula is C12H11FN2OS. The number of carbonyl (C=O) groups excluding carboxylic acids is 1. The number of aryl methyl sites for hydroxylation is 1. The molecule has 2 rings (SSSR count). The second kappa shape index (κ2) is 5.14. The average molecular weight is 250 g/mol. The second-order valence-electron chi connectivity index (χ2n) is 3.52. The summed E-state index contributed by atoms with van der Waals surface area (Å²) in [7, 11) is 1.75. The van der Waals surface area contributed by atoms with E-state index in [-0.39, 0.29) is 17.4 Å². The number of hydrogen-bond donors (Lipinski definition) is 0. The lowest BCUT2D eigenvalue weighted by Gasteiger charge is -2.00. The Labute approximate surface area is 103 Å². The first-order chi connectivity index (χ1) is 8.16. The largest absolute Gasteiger partial charge is 0.291 e. The zero-order valence-electron chi connectivity index (χ0n) is 9.26. The molecule has 0 amide bonds. The lowest BCUT2D eigenvalue weighted by Crippen LogP contribution is -2.04. The molecule has 0 atom stereocenters. The van der Waals surface area contributed by atoms with Gasteiger partial charge in [-0.1, -0.05) is 12.1 Å². The minimum atomic E-state index is -0.300. The van der Waals surface area contributed by atoms with Crippen LogP contribution in [0, 0.1) is 5.82 Å². The van der Waals surface area contributed by atoms with Crippen molar-refractivity contribution in [2.24, 2.45) is 7.05 Å². The number of thioether (sulfide) groups is 1. The van der Waals surface area contributed by atoms with Crippen molar-refractivity contribution in [1.82, 2.24) is 9.78 Å². The number of aromatic nitrogens is 2. The van der Waals surface area contributed by atoms with Crippen molar-refractivity contribution >= 4 is 17.5 Å². The van der Waals surface area contributed by atoms with Crippen LogP contribution < -0.4 is 0 Å². The van der Waals surface area contributed by atoms with Crippen molar-refractivity contribution in [1.29, 1.82) is 0 Å². The molecule has 1 aromatic carbocycles. The molecule has 0 saturated heterocycles. The predicted molar refractivity (Wildman–Crippen MR) is 64.7 cm³/mol. The molecule has 88 valence electrons. The summed E-state index contributed by atoms with van der Waals surface area (Å²) in [5.41, 5.74) is 0.413. The fourth-order valence-electron chi connectivity index (χ4n) is 1.34. The van der Waals surface area contributed by atoms with Crippen molar-refractivity contribution in [2.45, 2.75) is 4.90 Å². The quantitative estimate of drug-likeness (QED) is 0.618. The summed E-state index contributed by atoms with van der Waals surface area (Å²) in [6.07, 6.45) is 1.71. The third-order valence-corrected chi connectivity index (χ3v) is 3.24. The number of nitrogens with zero attached hydrogens (tertiary/aromatic N) is 2. The highest BCUT2D eigenvalue weighted by Gasteiger charge is 2.10. The smallest absolute Gasteiger partial charge is 0.193 e. The Bertz CT molecular complexity index is 539. The van der Waals surface area contributed by atoms with Gasteiger partial charge in [-0.2, -0.15) is 5.10 Å². The summed E-state index contributed by atoms with van der Waals surface area (Å²) in [5, 5.41) is 4.01. The third-order valence-electron chi connectivity index (χ3n) is 2.19. The highest BCUT2D eigenvalue weighted by atomic mass is 32.2. The van der Waals surface area contributed by atoms with Crippen molar-refractivity contribution < 1.29 is 9.18 Å². The lowest BCUT2D eigenvalue weighted by molar-refractivity contribution is 0.101. The number of ketones is 1. The van der Waals surface area contributed by atoms with Gasteiger partial charge in [0, 0.05) is 18.1 Å². The van der Waals surface area contributed by atoms with Crippen LogP contribution in [-0.2, 0) is 7.05 Å². The Morgan fingerprint density at radius 2 is 2.18 bits per heavy atom. The van der Waals surface area contributed by atoms with Crippen LogP contribution in [0.4, 0.5) is 4.39 Å². The molecule has 5 heteroatoms. The van der Waals surface area contributed by atoms with Crippen molar-refractivity contribution in [3.05, 3.63) is 48.0 Å². The zero-order valence-corrected chi connectivity index (χ0v) is 10.1. The number of benzene rings is 1. The topological polar surface area (TPSA) is 34.9 Å². The first-order valence-corrected chi connectivity index (χ1v) is 6.05. The van der Waals surface area contributed by atoms with Crippen molar-refractivity contribution in [3.63, 3.8) is 0 Å². The van der Waals surface area contributed by atoms with Crippen LogP contribution in [0.1, 0.15) is 10.5 Å². The normalized spacial score (nSPS) is 10.5. The Kier molecular flexibility index (Phi) is 3.58. The van der Waals surface area contributed by atoms with E-state index in [1.807, 2.05) is 0 Å². The van der Waals surface area contributed by atoms with Gasteiger partial charge in [-0.3, -0.25) is 9.48 Å². The maximum absolute atomic E-state index is 13.3. The molecule has 17 heavy (non-hydrogen) atoms. The van der Waals surface area contributed by atoms with Crippen LogP contribution >= 0.6 is 11.8 Å². The summed E-state index contributed by atoms with van der Waals surface area (Å²) < 4.78 is 14.9. The summed E-state index contributed by atoms with van der Waals surface area (Å²) in [6, 6.07) is 8.07. The maximum atomic E-state index is 13.3. The van der Waals surface area contributed by atoms with Gasteiger partial charge < -0.3 is 0 Å². The molecule has 1 heterocycles. The molecule has 0 N–H and O–H groups in total. The van der Waals surface area contributed by atoms with Crippen molar-refractivity contribution in [3.8, 4) is 0 Å². The maximum Gasteiger partial charge on any atom is 0.193 e. The SMILES string of the molecule is Cn1ccc(C(=O)CSc2ccccc2F)n1. The third kappa shape index (κ3) is 2.94. The van der Waals surface area contributed by atoms with Crippen LogP contribution in [0.3, 0.4) is 0 Å². The number of rotatable bonds is 4. The van der Waals surface area contributed by atoms with Gasteiger partial charge in [-0.15, -0.1) is 11.8 Å². The molecular weight excluding hydrogens is 239 g/mol. The highest BCUT2D eigenvalue weighted by molar-refractivity contribution is 8.00. The molecule has 0 aliphatic heterocycles. The Hall–Kier alpha value is -1.62. The number of halogens is 1. The van der Waals surface area contributed by atoms with Crippen molar-refractivity contribution in [2.75, 3.05) is 5.75 Å². The average Bonchev–Trinajstić information content (AvgIpc) is 2.74. The van der Waals surface area contributed by atoms with E-state index >= 15 is 0 Å². The van der Waals surface area contributed by atoms with E-state index < -0.39 is 0 Å². The molecule has 2 aromatic rings. The number of hydrogen-bond acceptors (Lipinski definition) is 3. The summed E-state index contributed by atoms with van der Waals surface area (Å²) in [4.78, 5) is 12.2. The highest BCUT2D eigenvalue weighted by Crippen LogP contribution is 2.21. The first-order valence-electron chi connectivity index (χ1n) is 5.07. The minimum absolute atomic E-state index is 0.0983. The van der Waals surface area contributed by atoms with Gasteiger partial charge in [0.2, 0.25) is 0 Å². The van der Waals surface area contributed by atoms with Gasteiger partial charge in [0.25, 0.3) is 0 Å². The Morgan fingerprint density at radius 1 is 1.41 bits per heavy atom. The van der Waals surface area contributed by atoms with E-state index in [1.54, 1.807) is 42.2 Å². The molecule has 0 saturated carbocycles. The van der Waals surface area contributed by atoms with Gasteiger partial charge in [0.15, 0.2) is 5.78 Å². The van der Waals surface area contributed by atoms with E-state index in [0.29, 0.717) is 10.6 Å². The molecule has 3 nitrogen and oxygen atoms in total. The summed E-state index contributed by atoms with van der Waals surface area (Å²) in [6.45, 7) is 0. The zero-order chi connectivity index (χ0) is 12.3. The second-order valence-corrected chi connectivity index (χ2v) is 4.53. The molecule has 1 aromatic heterocycles. The van der Waals surface area contributed by atoms with E-state index in [0.717, 1.165) is 0 Å². The Morgan fingerprint density at radius 3 is 2.82 bits per heavy atom. The van der Waals surface area contributed by atoms with E-state index in [2.05, 4.69) is 5.10 Å². The van der Waals surface area contributed by atoms with E-state index in [1.165, 1.54) is 17.8 Å². The van der Waals surface area contributed by atoms with E-state index in [4.69, 9.17) is 0 Å². The minimum Gasteiger partial charge on any atom is -0.291 e. The molecule has 0 aliphatic rings. The molecule has 0 bridgehead atoms. The fraction of sp³-hybridized carbons (Fsp3) is 0.167. The predicted octanol–water partition coefficient (Wildman–Crippen LogP) is 2.53. The summed E-state index contributed by atoms with van der Waals surface area (Å²) in [5.74, 6) is -0.206. The van der Waals surface area contributed by atoms with Crippen LogP contribution in [0.15, 0.2) is 41.4 Å². The van der Waals surface area contributed by atoms with Gasteiger partial charge in [-0.05, 0) is 18.2 Å². The fourth-order valence-corrected chi connectivity index (χ4v) is 2.16. The van der Waals surface area contributed by atoms with Gasteiger partial charge >= 0.3 is 0 Å².